The summed E-state index contributed by atoms with van der Waals surface area (Å²) in [5, 5.41) is 2.92. The van der Waals surface area contributed by atoms with Crippen LogP contribution in [0.1, 0.15) is 38.5 Å². The van der Waals surface area contributed by atoms with Crippen LogP contribution < -0.4 is 5.32 Å². The van der Waals surface area contributed by atoms with E-state index in [1.807, 2.05) is 0 Å². The van der Waals surface area contributed by atoms with Gasteiger partial charge in [0.1, 0.15) is 0 Å². The van der Waals surface area contributed by atoms with Gasteiger partial charge in [0.25, 0.3) is 0 Å². The molecule has 1 saturated heterocycles. The summed E-state index contributed by atoms with van der Waals surface area (Å²) in [6.45, 7) is 0.848. The molecular weight excluding hydrogens is 218 g/mol. The molecule has 3 heteroatoms. The van der Waals surface area contributed by atoms with E-state index in [0.29, 0.717) is 0 Å². The highest BCUT2D eigenvalue weighted by Gasteiger charge is 2.13. The Kier molecular flexibility index (Phi) is 4.66. The molecule has 0 radical (unpaired) electrons. The Balaban J connectivity index is 2.31. The van der Waals surface area contributed by atoms with E-state index in [1.165, 1.54) is 25.7 Å². The maximum absolute atomic E-state index is 11.3. The Morgan fingerprint density at radius 3 is 2.67 bits per heavy atom. The minimum absolute atomic E-state index is 0.0376. The van der Waals surface area contributed by atoms with Crippen LogP contribution >= 0.6 is 15.9 Å². The molecule has 12 heavy (non-hydrogen) atoms. The number of rotatable bonds is 0. The second-order valence-corrected chi connectivity index (χ2v) is 4.42. The first kappa shape index (κ1) is 10.0. The van der Waals surface area contributed by atoms with Gasteiger partial charge in [0.15, 0.2) is 0 Å². The van der Waals surface area contributed by atoms with E-state index in [0.717, 1.165) is 19.4 Å². The summed E-state index contributed by atoms with van der Waals surface area (Å²) >= 11 is 3.39. The van der Waals surface area contributed by atoms with Crippen LogP contribution in [0.4, 0.5) is 0 Å². The molecule has 0 aromatic rings. The minimum Gasteiger partial charge on any atom is -0.355 e. The van der Waals surface area contributed by atoms with Gasteiger partial charge >= 0.3 is 0 Å². The fourth-order valence-corrected chi connectivity index (χ4v) is 1.92. The summed E-state index contributed by atoms with van der Waals surface area (Å²) in [6, 6.07) is 0. The van der Waals surface area contributed by atoms with Gasteiger partial charge in [-0.25, -0.2) is 0 Å². The zero-order valence-electron chi connectivity index (χ0n) is 7.31. The normalized spacial score (nSPS) is 27.8. The first-order valence-corrected chi connectivity index (χ1v) is 5.64. The maximum Gasteiger partial charge on any atom is 0.233 e. The van der Waals surface area contributed by atoms with E-state index in [1.54, 1.807) is 0 Å². The van der Waals surface area contributed by atoms with Crippen molar-refractivity contribution >= 4 is 21.8 Å². The van der Waals surface area contributed by atoms with Gasteiger partial charge in [-0.2, -0.15) is 0 Å². The van der Waals surface area contributed by atoms with Crippen molar-refractivity contribution in [3.8, 4) is 0 Å². The molecule has 0 saturated carbocycles. The van der Waals surface area contributed by atoms with E-state index in [2.05, 4.69) is 21.2 Å². The molecule has 0 spiro atoms. The molecule has 70 valence electrons. The highest BCUT2D eigenvalue weighted by Crippen LogP contribution is 2.14. The average Bonchev–Trinajstić information content (AvgIpc) is 2.08. The molecule has 0 aromatic carbocycles. The first-order chi connectivity index (χ1) is 5.80. The van der Waals surface area contributed by atoms with Crippen molar-refractivity contribution in [2.75, 3.05) is 6.54 Å². The zero-order valence-corrected chi connectivity index (χ0v) is 8.90. The number of nitrogens with one attached hydrogen (secondary N) is 1. The Hall–Kier alpha value is -0.0500. The molecular formula is C9H16BrNO. The SMILES string of the molecule is O=C1NCCCCCCC[C@@H]1Br. The van der Waals surface area contributed by atoms with E-state index in [9.17, 15) is 4.79 Å². The minimum atomic E-state index is 0.0376. The predicted molar refractivity (Wildman–Crippen MR) is 53.4 cm³/mol. The molecule has 2 nitrogen and oxygen atoms in total. The van der Waals surface area contributed by atoms with Crippen LogP contribution in [-0.4, -0.2) is 17.3 Å². The third-order valence-corrected chi connectivity index (χ3v) is 3.09. The highest BCUT2D eigenvalue weighted by atomic mass is 79.9. The lowest BCUT2D eigenvalue weighted by Crippen LogP contribution is -2.32. The molecule has 1 amide bonds. The van der Waals surface area contributed by atoms with Gasteiger partial charge < -0.3 is 5.32 Å². The smallest absolute Gasteiger partial charge is 0.233 e. The molecule has 1 fully saturated rings. The molecule has 0 aromatic heterocycles. The topological polar surface area (TPSA) is 29.1 Å². The Labute approximate surface area is 82.2 Å². The van der Waals surface area contributed by atoms with Gasteiger partial charge in [0, 0.05) is 6.54 Å². The number of amides is 1. The Bertz CT molecular complexity index is 149. The summed E-state index contributed by atoms with van der Waals surface area (Å²) in [4.78, 5) is 11.3. The van der Waals surface area contributed by atoms with Crippen molar-refractivity contribution < 1.29 is 4.79 Å². The summed E-state index contributed by atoms with van der Waals surface area (Å²) in [5.74, 6) is 0.164. The quantitative estimate of drug-likeness (QED) is 0.640. The number of carbonyl (C=O) groups is 1. The number of halogens is 1. The summed E-state index contributed by atoms with van der Waals surface area (Å²) in [5.41, 5.74) is 0. The first-order valence-electron chi connectivity index (χ1n) is 4.72. The number of carbonyl (C=O) groups excluding carboxylic acids is 1. The van der Waals surface area contributed by atoms with Crippen LogP contribution in [0.2, 0.25) is 0 Å². The van der Waals surface area contributed by atoms with Gasteiger partial charge in [-0.05, 0) is 12.8 Å². The third kappa shape index (κ3) is 3.57. The Morgan fingerprint density at radius 2 is 1.83 bits per heavy atom. The fourth-order valence-electron chi connectivity index (χ4n) is 1.43. The van der Waals surface area contributed by atoms with Crippen molar-refractivity contribution in [1.82, 2.24) is 5.32 Å². The molecule has 0 aliphatic carbocycles. The van der Waals surface area contributed by atoms with E-state index < -0.39 is 0 Å². The van der Waals surface area contributed by atoms with Gasteiger partial charge in [-0.1, -0.05) is 41.6 Å². The second-order valence-electron chi connectivity index (χ2n) is 3.32. The van der Waals surface area contributed by atoms with Crippen LogP contribution in [0.5, 0.6) is 0 Å². The lowest BCUT2D eigenvalue weighted by molar-refractivity contribution is -0.120. The van der Waals surface area contributed by atoms with Crippen LogP contribution in [-0.2, 0) is 4.79 Å². The standard InChI is InChI=1S/C9H16BrNO/c10-8-6-4-2-1-3-5-7-11-9(8)12/h8H,1-7H2,(H,11,12)/t8-/m0/s1. The van der Waals surface area contributed by atoms with E-state index >= 15 is 0 Å². The zero-order chi connectivity index (χ0) is 8.81. The van der Waals surface area contributed by atoms with Crippen molar-refractivity contribution in [1.29, 1.82) is 0 Å². The molecule has 1 aliphatic rings. The van der Waals surface area contributed by atoms with Crippen molar-refractivity contribution in [2.45, 2.75) is 43.4 Å². The number of hydrogen-bond acceptors (Lipinski definition) is 1. The van der Waals surface area contributed by atoms with Gasteiger partial charge in [-0.3, -0.25) is 4.79 Å². The second kappa shape index (κ2) is 5.57. The molecule has 1 N–H and O–H groups in total. The number of alkyl halides is 1. The average molecular weight is 234 g/mol. The predicted octanol–water partition coefficient (Wildman–Crippen LogP) is 2.22. The third-order valence-electron chi connectivity index (χ3n) is 2.22. The molecule has 0 unspecified atom stereocenters. The maximum atomic E-state index is 11.3. The van der Waals surface area contributed by atoms with Crippen molar-refractivity contribution in [3.05, 3.63) is 0 Å². The van der Waals surface area contributed by atoms with Gasteiger partial charge in [0.05, 0.1) is 4.83 Å². The lowest BCUT2D eigenvalue weighted by atomic mass is 10.1. The van der Waals surface area contributed by atoms with Crippen molar-refractivity contribution in [2.24, 2.45) is 0 Å². The monoisotopic (exact) mass is 233 g/mol. The largest absolute Gasteiger partial charge is 0.355 e. The summed E-state index contributed by atoms with van der Waals surface area (Å²) in [7, 11) is 0. The Morgan fingerprint density at radius 1 is 1.17 bits per heavy atom. The van der Waals surface area contributed by atoms with Crippen LogP contribution in [0.25, 0.3) is 0 Å². The molecule has 0 bridgehead atoms. The molecule has 1 heterocycles. The summed E-state index contributed by atoms with van der Waals surface area (Å²) in [6.07, 6.45) is 7.12. The number of hydrogen-bond donors (Lipinski definition) is 1. The van der Waals surface area contributed by atoms with Gasteiger partial charge in [0.2, 0.25) is 5.91 Å². The molecule has 1 aliphatic heterocycles. The van der Waals surface area contributed by atoms with Crippen LogP contribution in [0.15, 0.2) is 0 Å². The highest BCUT2D eigenvalue weighted by molar-refractivity contribution is 9.10. The van der Waals surface area contributed by atoms with E-state index in [-0.39, 0.29) is 10.7 Å². The van der Waals surface area contributed by atoms with Crippen molar-refractivity contribution in [3.63, 3.8) is 0 Å². The van der Waals surface area contributed by atoms with Gasteiger partial charge in [-0.15, -0.1) is 0 Å². The summed E-state index contributed by atoms with van der Waals surface area (Å²) < 4.78 is 0. The van der Waals surface area contributed by atoms with E-state index in [4.69, 9.17) is 0 Å². The molecule has 1 rings (SSSR count). The fraction of sp³-hybridized carbons (Fsp3) is 0.889. The molecule has 1 atom stereocenters. The van der Waals surface area contributed by atoms with Crippen LogP contribution in [0.3, 0.4) is 0 Å². The lowest BCUT2D eigenvalue weighted by Gasteiger charge is -2.12. The van der Waals surface area contributed by atoms with Crippen LogP contribution in [0, 0.1) is 0 Å².